The summed E-state index contributed by atoms with van der Waals surface area (Å²) in [5.41, 5.74) is 3.44. The second kappa shape index (κ2) is 7.47. The van der Waals surface area contributed by atoms with Gasteiger partial charge in [0.05, 0.1) is 0 Å². The molecule has 5 unspecified atom stereocenters. The molecule has 0 heterocycles. The number of hydrogen-bond donors (Lipinski definition) is 0. The Morgan fingerprint density at radius 1 is 1.17 bits per heavy atom. The van der Waals surface area contributed by atoms with Gasteiger partial charge in [0, 0.05) is 19.3 Å². The summed E-state index contributed by atoms with van der Waals surface area (Å²) in [6.45, 7) is 5.14. The Labute approximate surface area is 171 Å². The molecule has 4 rings (SSSR count). The van der Waals surface area contributed by atoms with E-state index in [1.807, 2.05) is 12.1 Å². The van der Waals surface area contributed by atoms with Gasteiger partial charge in [-0.05, 0) is 73.1 Å². The van der Waals surface area contributed by atoms with Crippen LogP contribution in [0.25, 0.3) is 0 Å². The highest BCUT2D eigenvalue weighted by molar-refractivity contribution is 5.97. The Morgan fingerprint density at radius 2 is 1.97 bits per heavy atom. The van der Waals surface area contributed by atoms with Crippen molar-refractivity contribution in [2.75, 3.05) is 7.11 Å². The summed E-state index contributed by atoms with van der Waals surface area (Å²) in [4.78, 5) is 28.1. The number of hydrogen-bond acceptors (Lipinski definition) is 6. The quantitative estimate of drug-likeness (QED) is 0.436. The summed E-state index contributed by atoms with van der Waals surface area (Å²) in [5.74, 6) is 1.46. The van der Waals surface area contributed by atoms with E-state index in [-0.39, 0.29) is 23.5 Å². The van der Waals surface area contributed by atoms with Gasteiger partial charge in [-0.2, -0.15) is 0 Å². The third-order valence-electron chi connectivity index (χ3n) is 7.21. The minimum atomic E-state index is -0.297. The van der Waals surface area contributed by atoms with E-state index < -0.39 is 0 Å². The maximum absolute atomic E-state index is 11.7. The Bertz CT molecular complexity index is 863. The van der Waals surface area contributed by atoms with Gasteiger partial charge >= 0.3 is 11.9 Å². The van der Waals surface area contributed by atoms with Crippen LogP contribution in [0.5, 0.6) is 5.75 Å². The predicted octanol–water partition coefficient (Wildman–Crippen LogP) is 4.01. The van der Waals surface area contributed by atoms with Gasteiger partial charge < -0.3 is 14.3 Å². The summed E-state index contributed by atoms with van der Waals surface area (Å²) in [7, 11) is 1.55. The SMILES string of the molecule is CON=C1C(OC(C)=O)CC2C3CCc4cc(OC(C)=O)ccc4C3CCC12C. The molecule has 0 aliphatic heterocycles. The Morgan fingerprint density at radius 3 is 2.66 bits per heavy atom. The zero-order valence-electron chi connectivity index (χ0n) is 17.6. The lowest BCUT2D eigenvalue weighted by molar-refractivity contribution is -0.143. The van der Waals surface area contributed by atoms with E-state index in [1.165, 1.54) is 25.0 Å². The van der Waals surface area contributed by atoms with Crippen LogP contribution in [0, 0.1) is 17.3 Å². The molecule has 156 valence electrons. The molecule has 0 bridgehead atoms. The second-order valence-corrected chi connectivity index (χ2v) is 8.82. The van der Waals surface area contributed by atoms with Crippen LogP contribution in [0.15, 0.2) is 23.4 Å². The first-order chi connectivity index (χ1) is 13.8. The highest BCUT2D eigenvalue weighted by atomic mass is 16.6. The van der Waals surface area contributed by atoms with Gasteiger partial charge in [-0.1, -0.05) is 18.1 Å². The third kappa shape index (κ3) is 3.43. The van der Waals surface area contributed by atoms with Crippen molar-refractivity contribution in [2.45, 2.75) is 64.9 Å². The molecule has 3 aliphatic carbocycles. The van der Waals surface area contributed by atoms with Crippen LogP contribution < -0.4 is 4.74 Å². The maximum Gasteiger partial charge on any atom is 0.308 e. The normalized spacial score (nSPS) is 34.0. The van der Waals surface area contributed by atoms with Crippen LogP contribution in [-0.2, 0) is 25.6 Å². The number of aryl methyl sites for hydroxylation is 1. The van der Waals surface area contributed by atoms with Gasteiger partial charge in [-0.3, -0.25) is 9.59 Å². The van der Waals surface area contributed by atoms with Gasteiger partial charge in [-0.25, -0.2) is 0 Å². The number of nitrogens with zero attached hydrogens (tertiary/aromatic N) is 1. The first-order valence-electron chi connectivity index (χ1n) is 10.4. The summed E-state index contributed by atoms with van der Waals surface area (Å²) >= 11 is 0. The van der Waals surface area contributed by atoms with Gasteiger partial charge in [0.1, 0.15) is 24.7 Å². The number of rotatable bonds is 3. The lowest BCUT2D eigenvalue weighted by Crippen LogP contribution is -2.43. The summed E-state index contributed by atoms with van der Waals surface area (Å²) in [6.07, 6.45) is 4.60. The van der Waals surface area contributed by atoms with E-state index >= 15 is 0 Å². The number of esters is 2. The zero-order valence-corrected chi connectivity index (χ0v) is 17.6. The van der Waals surface area contributed by atoms with E-state index in [0.29, 0.717) is 23.5 Å². The molecule has 1 aromatic rings. The van der Waals surface area contributed by atoms with Crippen molar-refractivity contribution in [3.05, 3.63) is 29.3 Å². The average molecular weight is 399 g/mol. The molecule has 1 aromatic carbocycles. The molecule has 0 spiro atoms. The van der Waals surface area contributed by atoms with Crippen LogP contribution in [0.2, 0.25) is 0 Å². The molecule has 6 heteroatoms. The van der Waals surface area contributed by atoms with Crippen LogP contribution in [0.3, 0.4) is 0 Å². The zero-order chi connectivity index (χ0) is 20.8. The molecule has 0 radical (unpaired) electrons. The fourth-order valence-electron chi connectivity index (χ4n) is 6.14. The lowest BCUT2D eigenvalue weighted by Gasteiger charge is -2.48. The number of oxime groups is 1. The third-order valence-corrected chi connectivity index (χ3v) is 7.21. The number of ether oxygens (including phenoxy) is 2. The molecule has 0 saturated heterocycles. The highest BCUT2D eigenvalue weighted by Gasteiger charge is 2.58. The second-order valence-electron chi connectivity index (χ2n) is 8.82. The minimum Gasteiger partial charge on any atom is -0.456 e. The van der Waals surface area contributed by atoms with Crippen molar-refractivity contribution in [3.63, 3.8) is 0 Å². The molecule has 0 N–H and O–H groups in total. The van der Waals surface area contributed by atoms with Crippen molar-refractivity contribution in [2.24, 2.45) is 22.4 Å². The Hall–Kier alpha value is -2.37. The predicted molar refractivity (Wildman–Crippen MR) is 108 cm³/mol. The number of carbonyl (C=O) groups is 2. The summed E-state index contributed by atoms with van der Waals surface area (Å²) in [5, 5.41) is 4.33. The summed E-state index contributed by atoms with van der Waals surface area (Å²) < 4.78 is 10.9. The molecule has 2 saturated carbocycles. The van der Waals surface area contributed by atoms with Crippen molar-refractivity contribution in [3.8, 4) is 5.75 Å². The fraction of sp³-hybridized carbons (Fsp3) is 0.609. The van der Waals surface area contributed by atoms with Crippen LogP contribution in [0.1, 0.15) is 63.5 Å². The Balaban J connectivity index is 1.64. The Kier molecular flexibility index (Phi) is 5.13. The van der Waals surface area contributed by atoms with Crippen molar-refractivity contribution in [1.82, 2.24) is 0 Å². The van der Waals surface area contributed by atoms with Gasteiger partial charge in [0.15, 0.2) is 0 Å². The molecule has 29 heavy (non-hydrogen) atoms. The van der Waals surface area contributed by atoms with E-state index in [9.17, 15) is 9.59 Å². The van der Waals surface area contributed by atoms with E-state index in [0.717, 1.165) is 37.8 Å². The van der Waals surface area contributed by atoms with Crippen LogP contribution in [0.4, 0.5) is 0 Å². The molecule has 0 aromatic heterocycles. The smallest absolute Gasteiger partial charge is 0.308 e. The van der Waals surface area contributed by atoms with E-state index in [2.05, 4.69) is 18.1 Å². The van der Waals surface area contributed by atoms with Crippen molar-refractivity contribution in [1.29, 1.82) is 0 Å². The maximum atomic E-state index is 11.7. The molecule has 3 aliphatic rings. The fourth-order valence-corrected chi connectivity index (χ4v) is 6.14. The lowest BCUT2D eigenvalue weighted by atomic mass is 9.55. The molecular formula is C23H29NO5. The van der Waals surface area contributed by atoms with Crippen LogP contribution >= 0.6 is 0 Å². The average Bonchev–Trinajstić information content (AvgIpc) is 2.92. The van der Waals surface area contributed by atoms with E-state index in [1.54, 1.807) is 7.11 Å². The molecule has 6 nitrogen and oxygen atoms in total. The van der Waals surface area contributed by atoms with Crippen molar-refractivity contribution < 1.29 is 23.9 Å². The first-order valence-corrected chi connectivity index (χ1v) is 10.4. The molecule has 2 fully saturated rings. The molecular weight excluding hydrogens is 370 g/mol. The van der Waals surface area contributed by atoms with Gasteiger partial charge in [-0.15, -0.1) is 0 Å². The monoisotopic (exact) mass is 399 g/mol. The number of benzene rings is 1. The number of carbonyl (C=O) groups excluding carboxylic acids is 2. The summed E-state index contributed by atoms with van der Waals surface area (Å²) in [6, 6.07) is 6.06. The van der Waals surface area contributed by atoms with E-state index in [4.69, 9.17) is 14.3 Å². The molecule has 0 amide bonds. The van der Waals surface area contributed by atoms with Crippen LogP contribution in [-0.4, -0.2) is 30.9 Å². The highest BCUT2D eigenvalue weighted by Crippen LogP contribution is 2.60. The topological polar surface area (TPSA) is 74.2 Å². The first kappa shape index (κ1) is 19.9. The van der Waals surface area contributed by atoms with Gasteiger partial charge in [0.2, 0.25) is 0 Å². The van der Waals surface area contributed by atoms with Crippen molar-refractivity contribution >= 4 is 17.7 Å². The number of fused-ring (bicyclic) bond motifs is 5. The standard InChI is InChI=1S/C23H29NO5/c1-13(25)28-16-6-8-17-15(11-16)5-7-19-18(17)9-10-23(3)20(19)12-21(29-14(2)26)22(23)24-27-4/h6,8,11,18-21H,5,7,9-10,12H2,1-4H3. The minimum absolute atomic E-state index is 0.105. The van der Waals surface area contributed by atoms with Gasteiger partial charge in [0.25, 0.3) is 0 Å². The molecule has 5 atom stereocenters. The largest absolute Gasteiger partial charge is 0.456 e.